The molecule has 0 spiro atoms. The molecule has 4 heteroatoms. The van der Waals surface area contributed by atoms with E-state index >= 15 is 0 Å². The highest BCUT2D eigenvalue weighted by molar-refractivity contribution is 7.09. The van der Waals surface area contributed by atoms with E-state index in [1.807, 2.05) is 11.3 Å². The van der Waals surface area contributed by atoms with E-state index < -0.39 is 0 Å². The van der Waals surface area contributed by atoms with E-state index in [-0.39, 0.29) is 0 Å². The second kappa shape index (κ2) is 6.82. The summed E-state index contributed by atoms with van der Waals surface area (Å²) in [5.41, 5.74) is 1.16. The molecule has 1 fully saturated rings. The van der Waals surface area contributed by atoms with Crippen molar-refractivity contribution < 1.29 is 0 Å². The summed E-state index contributed by atoms with van der Waals surface area (Å²) < 4.78 is 0. The fraction of sp³-hybridized carbons (Fsp3) is 0.800. The molecular weight excluding hydrogens is 254 g/mol. The first kappa shape index (κ1) is 14.9. The minimum absolute atomic E-state index is 0.494. The van der Waals surface area contributed by atoms with Crippen molar-refractivity contribution in [1.82, 2.24) is 15.2 Å². The van der Waals surface area contributed by atoms with Crippen LogP contribution in [0, 0.1) is 12.8 Å². The van der Waals surface area contributed by atoms with Gasteiger partial charge in [0.1, 0.15) is 5.01 Å². The Morgan fingerprint density at radius 2 is 2.26 bits per heavy atom. The molecule has 2 heterocycles. The fourth-order valence-electron chi connectivity index (χ4n) is 3.18. The van der Waals surface area contributed by atoms with E-state index in [0.29, 0.717) is 18.0 Å². The van der Waals surface area contributed by atoms with Crippen LogP contribution in [0.5, 0.6) is 0 Å². The molecule has 1 aliphatic heterocycles. The highest BCUT2D eigenvalue weighted by Crippen LogP contribution is 2.37. The second-order valence-electron chi connectivity index (χ2n) is 5.92. The number of nitrogens with one attached hydrogen (secondary N) is 1. The Kier molecular flexibility index (Phi) is 5.37. The molecule has 2 atom stereocenters. The molecule has 108 valence electrons. The Morgan fingerprint density at radius 3 is 2.84 bits per heavy atom. The SMILES string of the molecule is CNCC1CCCCN(C(C)C)C1c1nc(C)cs1. The third-order valence-corrected chi connectivity index (χ3v) is 5.10. The average Bonchev–Trinajstić information content (AvgIpc) is 2.67. The predicted molar refractivity (Wildman–Crippen MR) is 82.7 cm³/mol. The third kappa shape index (κ3) is 3.56. The van der Waals surface area contributed by atoms with E-state index in [4.69, 9.17) is 4.98 Å². The van der Waals surface area contributed by atoms with Crippen LogP contribution in [0.25, 0.3) is 0 Å². The monoisotopic (exact) mass is 281 g/mol. The standard InChI is InChI=1S/C15H27N3S/c1-11(2)18-8-6-5-7-13(9-16-4)14(18)15-17-12(3)10-19-15/h10-11,13-14,16H,5-9H2,1-4H3. The molecular formula is C15H27N3S. The van der Waals surface area contributed by atoms with Gasteiger partial charge in [-0.15, -0.1) is 11.3 Å². The van der Waals surface area contributed by atoms with Crippen molar-refractivity contribution in [1.29, 1.82) is 0 Å². The molecule has 1 saturated heterocycles. The van der Waals surface area contributed by atoms with E-state index in [1.54, 1.807) is 0 Å². The van der Waals surface area contributed by atoms with Crippen LogP contribution in [0.15, 0.2) is 5.38 Å². The van der Waals surface area contributed by atoms with Crippen molar-refractivity contribution in [2.75, 3.05) is 20.1 Å². The van der Waals surface area contributed by atoms with Crippen LogP contribution in [-0.4, -0.2) is 36.1 Å². The molecule has 0 aromatic carbocycles. The summed E-state index contributed by atoms with van der Waals surface area (Å²) >= 11 is 1.84. The van der Waals surface area contributed by atoms with Gasteiger partial charge in [-0.1, -0.05) is 6.42 Å². The van der Waals surface area contributed by atoms with Crippen LogP contribution >= 0.6 is 11.3 Å². The molecule has 19 heavy (non-hydrogen) atoms. The van der Waals surface area contributed by atoms with Gasteiger partial charge in [-0.25, -0.2) is 4.98 Å². The van der Waals surface area contributed by atoms with Crippen molar-refractivity contribution in [2.45, 2.75) is 52.1 Å². The first-order valence-electron chi connectivity index (χ1n) is 7.46. The lowest BCUT2D eigenvalue weighted by Crippen LogP contribution is -2.40. The Bertz CT molecular complexity index is 388. The van der Waals surface area contributed by atoms with Crippen molar-refractivity contribution in [2.24, 2.45) is 5.92 Å². The maximum Gasteiger partial charge on any atom is 0.110 e. The largest absolute Gasteiger partial charge is 0.319 e. The van der Waals surface area contributed by atoms with Crippen molar-refractivity contribution in [3.63, 3.8) is 0 Å². The van der Waals surface area contributed by atoms with Gasteiger partial charge in [0.2, 0.25) is 0 Å². The van der Waals surface area contributed by atoms with Crippen LogP contribution in [0.3, 0.4) is 0 Å². The molecule has 2 unspecified atom stereocenters. The molecule has 1 aromatic heterocycles. The lowest BCUT2D eigenvalue weighted by Gasteiger charge is -2.36. The Morgan fingerprint density at radius 1 is 1.47 bits per heavy atom. The van der Waals surface area contributed by atoms with Gasteiger partial charge in [-0.05, 0) is 59.7 Å². The van der Waals surface area contributed by atoms with Crippen LogP contribution in [-0.2, 0) is 0 Å². The van der Waals surface area contributed by atoms with Gasteiger partial charge in [0.25, 0.3) is 0 Å². The number of likely N-dealkylation sites (tertiary alicyclic amines) is 1. The van der Waals surface area contributed by atoms with Gasteiger partial charge in [0.15, 0.2) is 0 Å². The summed E-state index contributed by atoms with van der Waals surface area (Å²) in [5.74, 6) is 0.681. The van der Waals surface area contributed by atoms with Gasteiger partial charge in [-0.3, -0.25) is 4.90 Å². The number of aryl methyl sites for hydroxylation is 1. The minimum atomic E-state index is 0.494. The van der Waals surface area contributed by atoms with Crippen molar-refractivity contribution >= 4 is 11.3 Å². The smallest absolute Gasteiger partial charge is 0.110 e. The zero-order chi connectivity index (χ0) is 13.8. The highest BCUT2D eigenvalue weighted by Gasteiger charge is 2.33. The zero-order valence-electron chi connectivity index (χ0n) is 12.6. The van der Waals surface area contributed by atoms with E-state index in [1.165, 1.54) is 30.8 Å². The molecule has 0 bridgehead atoms. The quantitative estimate of drug-likeness (QED) is 0.918. The number of thiazole rings is 1. The number of hydrogen-bond donors (Lipinski definition) is 1. The average molecular weight is 281 g/mol. The number of rotatable bonds is 4. The van der Waals surface area contributed by atoms with Gasteiger partial charge < -0.3 is 5.32 Å². The molecule has 3 nitrogen and oxygen atoms in total. The summed E-state index contributed by atoms with van der Waals surface area (Å²) in [4.78, 5) is 7.45. The molecule has 2 rings (SSSR count). The lowest BCUT2D eigenvalue weighted by molar-refractivity contribution is 0.118. The molecule has 1 aromatic rings. The van der Waals surface area contributed by atoms with Crippen LogP contribution in [0.4, 0.5) is 0 Å². The van der Waals surface area contributed by atoms with E-state index in [0.717, 1.165) is 12.2 Å². The van der Waals surface area contributed by atoms with E-state index in [9.17, 15) is 0 Å². The second-order valence-corrected chi connectivity index (χ2v) is 6.81. The fourth-order valence-corrected chi connectivity index (χ4v) is 4.18. The molecule has 0 aliphatic carbocycles. The normalized spacial score (nSPS) is 25.7. The third-order valence-electron chi connectivity index (χ3n) is 4.06. The van der Waals surface area contributed by atoms with Gasteiger partial charge in [0.05, 0.1) is 6.04 Å². The minimum Gasteiger partial charge on any atom is -0.319 e. The molecule has 1 aliphatic rings. The predicted octanol–water partition coefficient (Wildman–Crippen LogP) is 3.22. The topological polar surface area (TPSA) is 28.2 Å². The maximum absolute atomic E-state index is 4.79. The summed E-state index contributed by atoms with van der Waals surface area (Å²) in [6.07, 6.45) is 3.98. The Balaban J connectivity index is 2.30. The molecule has 0 saturated carbocycles. The van der Waals surface area contributed by atoms with Crippen molar-refractivity contribution in [3.05, 3.63) is 16.1 Å². The summed E-state index contributed by atoms with van der Waals surface area (Å²) in [6, 6.07) is 1.08. The van der Waals surface area contributed by atoms with Crippen LogP contribution < -0.4 is 5.32 Å². The van der Waals surface area contributed by atoms with Gasteiger partial charge in [0, 0.05) is 17.1 Å². The maximum atomic E-state index is 4.79. The van der Waals surface area contributed by atoms with Crippen molar-refractivity contribution in [3.8, 4) is 0 Å². The molecule has 0 amide bonds. The number of hydrogen-bond acceptors (Lipinski definition) is 4. The first-order chi connectivity index (χ1) is 9.13. The molecule has 0 radical (unpaired) electrons. The Labute approximate surface area is 121 Å². The summed E-state index contributed by atoms with van der Waals surface area (Å²) in [7, 11) is 2.06. The van der Waals surface area contributed by atoms with Gasteiger partial charge in [-0.2, -0.15) is 0 Å². The summed E-state index contributed by atoms with van der Waals surface area (Å²) in [6.45, 7) is 9.03. The van der Waals surface area contributed by atoms with E-state index in [2.05, 4.69) is 43.4 Å². The molecule has 1 N–H and O–H groups in total. The number of nitrogens with zero attached hydrogens (tertiary/aromatic N) is 2. The zero-order valence-corrected chi connectivity index (χ0v) is 13.5. The van der Waals surface area contributed by atoms with Crippen LogP contribution in [0.2, 0.25) is 0 Å². The first-order valence-corrected chi connectivity index (χ1v) is 8.33. The highest BCUT2D eigenvalue weighted by atomic mass is 32.1. The van der Waals surface area contributed by atoms with Crippen LogP contribution in [0.1, 0.15) is 49.9 Å². The van der Waals surface area contributed by atoms with Gasteiger partial charge >= 0.3 is 0 Å². The Hall–Kier alpha value is -0.450. The summed E-state index contributed by atoms with van der Waals surface area (Å²) in [5, 5.41) is 6.88. The number of aromatic nitrogens is 1. The lowest BCUT2D eigenvalue weighted by atomic mass is 9.94.